The molecule has 0 nitrogen and oxygen atoms in total. The molecule has 0 saturated carbocycles. The van der Waals surface area contributed by atoms with E-state index in [1.807, 2.05) is 34.7 Å². The van der Waals surface area contributed by atoms with Crippen molar-refractivity contribution in [3.63, 3.8) is 0 Å². The Kier molecular flexibility index (Phi) is 3.32. The van der Waals surface area contributed by atoms with Crippen LogP contribution in [0.5, 0.6) is 0 Å². The minimum Gasteiger partial charge on any atom is -0.0794 e. The molecule has 0 radical (unpaired) electrons. The van der Waals surface area contributed by atoms with Crippen molar-refractivity contribution in [3.8, 4) is 11.1 Å². The normalized spacial score (nSPS) is 10.3. The van der Waals surface area contributed by atoms with Gasteiger partial charge in [0.15, 0.2) is 0 Å². The lowest BCUT2D eigenvalue weighted by Gasteiger charge is -2.05. The van der Waals surface area contributed by atoms with Crippen molar-refractivity contribution in [3.05, 3.63) is 56.6 Å². The van der Waals surface area contributed by atoms with E-state index in [-0.39, 0.29) is 0 Å². The van der Waals surface area contributed by atoms with Crippen molar-refractivity contribution in [1.29, 1.82) is 0 Å². The van der Waals surface area contributed by atoms with E-state index in [9.17, 15) is 0 Å². The Morgan fingerprint density at radius 2 is 1.60 bits per heavy atom. The zero-order valence-electron chi connectivity index (χ0n) is 8.33. The molecule has 0 N–H and O–H groups in total. The average Bonchev–Trinajstić information content (AvgIpc) is 2.23. The summed E-state index contributed by atoms with van der Waals surface area (Å²) in [4.78, 5) is 0. The van der Waals surface area contributed by atoms with Crippen molar-refractivity contribution >= 4 is 11.6 Å². The fourth-order valence-corrected chi connectivity index (χ4v) is 2.47. The molecule has 0 aliphatic heterocycles. The second-order valence-electron chi connectivity index (χ2n) is 3.43. The number of aryl methyl sites for hydroxylation is 1. The molecular weight excluding hydrogens is 318 g/mol. The van der Waals surface area contributed by atoms with E-state index in [4.69, 9.17) is 11.6 Å². The predicted molar refractivity (Wildman–Crippen MR) is 61.7 cm³/mol. The minimum atomic E-state index is 0.834. The van der Waals surface area contributed by atoms with Gasteiger partial charge in [0.25, 0.3) is 22.6 Å². The molecule has 0 saturated heterocycles. The molecule has 0 amide bonds. The summed E-state index contributed by atoms with van der Waals surface area (Å²) in [6, 6.07) is 14.4. The van der Waals surface area contributed by atoms with Crippen molar-refractivity contribution in [2.75, 3.05) is 0 Å². The van der Waals surface area contributed by atoms with Gasteiger partial charge in [0.05, 0.1) is 5.02 Å². The van der Waals surface area contributed by atoms with Crippen LogP contribution >= 0.6 is 11.6 Å². The summed E-state index contributed by atoms with van der Waals surface area (Å²) in [5.41, 5.74) is 3.77. The molecule has 0 heterocycles. The molecular formula is C13H11ClI+. The van der Waals surface area contributed by atoms with E-state index in [1.54, 1.807) is 0 Å². The van der Waals surface area contributed by atoms with Gasteiger partial charge >= 0.3 is 0 Å². The third kappa shape index (κ3) is 2.18. The zero-order valence-corrected chi connectivity index (χ0v) is 11.4. The van der Waals surface area contributed by atoms with Gasteiger partial charge < -0.3 is 0 Å². The molecule has 0 unspecified atom stereocenters. The third-order valence-electron chi connectivity index (χ3n) is 2.40. The van der Waals surface area contributed by atoms with Crippen LogP contribution < -0.4 is 22.6 Å². The molecule has 2 rings (SSSR count). The van der Waals surface area contributed by atoms with E-state index in [1.165, 1.54) is 16.7 Å². The molecule has 0 fully saturated rings. The lowest BCUT2D eigenvalue weighted by molar-refractivity contribution is -0.326. The highest BCUT2D eigenvalue weighted by atomic mass is 127. The van der Waals surface area contributed by atoms with E-state index in [2.05, 4.69) is 37.3 Å². The summed E-state index contributed by atoms with van der Waals surface area (Å²) in [6.45, 7) is 2.12. The summed E-state index contributed by atoms with van der Waals surface area (Å²) < 4.78 is 1.16. The van der Waals surface area contributed by atoms with E-state index in [0.717, 1.165) is 8.59 Å². The molecule has 2 aromatic carbocycles. The van der Waals surface area contributed by atoms with Gasteiger partial charge in [-0.1, -0.05) is 41.9 Å². The van der Waals surface area contributed by atoms with Gasteiger partial charge in [-0.15, -0.1) is 0 Å². The summed E-state index contributed by atoms with van der Waals surface area (Å²) >= 11 is 8.10. The molecule has 0 aliphatic rings. The van der Waals surface area contributed by atoms with Crippen LogP contribution in [0.25, 0.3) is 11.1 Å². The first-order chi connectivity index (χ1) is 7.20. The molecule has 15 heavy (non-hydrogen) atoms. The number of rotatable bonds is 1. The SMILES string of the molecule is Cc1ccccc1-c1cccc(Cl)c1[IH+]. The van der Waals surface area contributed by atoms with Crippen molar-refractivity contribution < 1.29 is 22.6 Å². The van der Waals surface area contributed by atoms with Crippen LogP contribution in [0.4, 0.5) is 0 Å². The maximum atomic E-state index is 6.12. The Hall–Kier alpha value is -0.540. The number of hydrogen-bond donors (Lipinski definition) is 0. The molecule has 0 spiro atoms. The number of hydrogen-bond acceptors (Lipinski definition) is 0. The molecule has 2 aromatic rings. The summed E-state index contributed by atoms with van der Waals surface area (Å²) in [7, 11) is 0. The second kappa shape index (κ2) is 4.54. The second-order valence-corrected chi connectivity index (χ2v) is 5.00. The predicted octanol–water partition coefficient (Wildman–Crippen LogP) is 0.771. The number of benzene rings is 2. The highest BCUT2D eigenvalue weighted by molar-refractivity contribution is 6.30. The van der Waals surface area contributed by atoms with Gasteiger partial charge in [-0.05, 0) is 30.2 Å². The van der Waals surface area contributed by atoms with Crippen LogP contribution in [-0.4, -0.2) is 0 Å². The van der Waals surface area contributed by atoms with E-state index >= 15 is 0 Å². The molecule has 0 atom stereocenters. The average molecular weight is 330 g/mol. The van der Waals surface area contributed by atoms with Crippen molar-refractivity contribution in [2.45, 2.75) is 6.92 Å². The lowest BCUT2D eigenvalue weighted by Crippen LogP contribution is -3.34. The van der Waals surface area contributed by atoms with Gasteiger partial charge in [-0.25, -0.2) is 0 Å². The van der Waals surface area contributed by atoms with Crippen LogP contribution in [0.3, 0.4) is 0 Å². The largest absolute Gasteiger partial charge is 0.299 e. The topological polar surface area (TPSA) is 0 Å². The lowest BCUT2D eigenvalue weighted by atomic mass is 10.0. The van der Waals surface area contributed by atoms with Crippen LogP contribution in [-0.2, 0) is 0 Å². The maximum Gasteiger partial charge on any atom is 0.299 e. The first kappa shape index (κ1) is 11.0. The third-order valence-corrected chi connectivity index (χ3v) is 4.32. The quantitative estimate of drug-likeness (QED) is 0.678. The molecule has 0 aromatic heterocycles. The Labute approximate surface area is 108 Å². The summed E-state index contributed by atoms with van der Waals surface area (Å²) in [5, 5.41) is 0.834. The van der Waals surface area contributed by atoms with Gasteiger partial charge in [0.1, 0.15) is 0 Å². The standard InChI is InChI=1S/C13H11ClI/c1-9-5-2-3-6-10(9)11-7-4-8-12(14)13(11)15/h2-8,15H,1H3/q+1. The molecule has 76 valence electrons. The van der Waals surface area contributed by atoms with Crippen LogP contribution in [0.15, 0.2) is 42.5 Å². The van der Waals surface area contributed by atoms with Crippen LogP contribution in [0.1, 0.15) is 5.56 Å². The van der Waals surface area contributed by atoms with E-state index < -0.39 is 0 Å². The highest BCUT2D eigenvalue weighted by Crippen LogP contribution is 2.25. The molecule has 0 bridgehead atoms. The van der Waals surface area contributed by atoms with Gasteiger partial charge in [-0.2, -0.15) is 0 Å². The number of halogens is 2. The Morgan fingerprint density at radius 3 is 2.33 bits per heavy atom. The first-order valence-corrected chi connectivity index (χ1v) is 6.26. The van der Waals surface area contributed by atoms with Gasteiger partial charge in [0.2, 0.25) is 3.57 Å². The molecule has 2 heteroatoms. The zero-order chi connectivity index (χ0) is 10.8. The van der Waals surface area contributed by atoms with Gasteiger partial charge in [-0.3, -0.25) is 0 Å². The smallest absolute Gasteiger partial charge is 0.0794 e. The fraction of sp³-hybridized carbons (Fsp3) is 0.0769. The summed E-state index contributed by atoms with van der Waals surface area (Å²) in [6.07, 6.45) is 0. The van der Waals surface area contributed by atoms with Crippen LogP contribution in [0.2, 0.25) is 5.02 Å². The summed E-state index contributed by atoms with van der Waals surface area (Å²) in [5.74, 6) is 0. The fourth-order valence-electron chi connectivity index (χ4n) is 1.60. The molecule has 0 aliphatic carbocycles. The Balaban J connectivity index is 2.65. The minimum absolute atomic E-state index is 0.834. The van der Waals surface area contributed by atoms with E-state index in [0.29, 0.717) is 0 Å². The highest BCUT2D eigenvalue weighted by Gasteiger charge is 2.13. The van der Waals surface area contributed by atoms with Crippen LogP contribution in [0, 0.1) is 10.5 Å². The Bertz CT molecular complexity index is 492. The Morgan fingerprint density at radius 1 is 0.933 bits per heavy atom. The van der Waals surface area contributed by atoms with Crippen molar-refractivity contribution in [2.24, 2.45) is 0 Å². The van der Waals surface area contributed by atoms with Crippen molar-refractivity contribution in [1.82, 2.24) is 0 Å². The monoisotopic (exact) mass is 329 g/mol. The maximum absolute atomic E-state index is 6.12. The van der Waals surface area contributed by atoms with Gasteiger partial charge in [0, 0.05) is 5.56 Å². The first-order valence-electron chi connectivity index (χ1n) is 4.71.